The summed E-state index contributed by atoms with van der Waals surface area (Å²) in [5.74, 6) is -0.487. The molecule has 0 amide bonds. The molecule has 5 heteroatoms. The van der Waals surface area contributed by atoms with E-state index in [9.17, 15) is 9.59 Å². The lowest BCUT2D eigenvalue weighted by Gasteiger charge is -2.18. The van der Waals surface area contributed by atoms with Crippen molar-refractivity contribution in [2.45, 2.75) is 194 Å². The van der Waals surface area contributed by atoms with Crippen LogP contribution in [0.5, 0.6) is 0 Å². The SMILES string of the molecule is CC/C=C\C/C=C\C/C=C\C/C=C\CCCCCCC(=O)OCC(COCCC/C=C\C/C=C\C/C=C\C/C=C\CC)OC(=O)CCCCCCC/C=C\C/C=C\C/C=C\CC. The van der Waals surface area contributed by atoms with E-state index in [1.807, 2.05) is 0 Å². The number of ether oxygens (including phenoxy) is 3. The van der Waals surface area contributed by atoms with Crippen LogP contribution in [0.1, 0.15) is 188 Å². The molecule has 0 aromatic carbocycles. The summed E-state index contributed by atoms with van der Waals surface area (Å²) in [4.78, 5) is 25.4. The molecule has 62 heavy (non-hydrogen) atoms. The lowest BCUT2D eigenvalue weighted by atomic mass is 10.1. The quantitative estimate of drug-likeness (QED) is 0.0347. The van der Waals surface area contributed by atoms with Gasteiger partial charge in [0.1, 0.15) is 6.61 Å². The van der Waals surface area contributed by atoms with E-state index in [1.54, 1.807) is 0 Å². The highest BCUT2D eigenvalue weighted by atomic mass is 16.6. The van der Waals surface area contributed by atoms with Gasteiger partial charge in [0.2, 0.25) is 0 Å². The number of carbonyl (C=O) groups is 2. The third kappa shape index (κ3) is 48.7. The van der Waals surface area contributed by atoms with Gasteiger partial charge in [0.15, 0.2) is 6.10 Å². The van der Waals surface area contributed by atoms with Crippen molar-refractivity contribution in [3.63, 3.8) is 0 Å². The number of hydrogen-bond acceptors (Lipinski definition) is 5. The van der Waals surface area contributed by atoms with Crippen LogP contribution < -0.4 is 0 Å². The predicted octanol–water partition coefficient (Wildman–Crippen LogP) is 16.8. The summed E-state index contributed by atoms with van der Waals surface area (Å²) in [6.07, 6.45) is 73.2. The van der Waals surface area contributed by atoms with Crippen molar-refractivity contribution in [2.24, 2.45) is 0 Å². The van der Waals surface area contributed by atoms with Crippen LogP contribution in [0.3, 0.4) is 0 Å². The second-order valence-electron chi connectivity index (χ2n) is 15.6. The Hall–Kier alpha value is -3.96. The molecule has 1 atom stereocenters. The third-order valence-electron chi connectivity index (χ3n) is 9.66. The maximum absolute atomic E-state index is 12.8. The Morgan fingerprint density at radius 2 is 0.677 bits per heavy atom. The number of carbonyl (C=O) groups excluding carboxylic acids is 2. The van der Waals surface area contributed by atoms with Crippen LogP contribution in [0.15, 0.2) is 134 Å². The minimum absolute atomic E-state index is 0.0342. The van der Waals surface area contributed by atoms with E-state index in [0.29, 0.717) is 19.4 Å². The molecule has 0 aliphatic heterocycles. The summed E-state index contributed by atoms with van der Waals surface area (Å²) in [7, 11) is 0. The van der Waals surface area contributed by atoms with Gasteiger partial charge in [-0.3, -0.25) is 9.59 Å². The molecule has 5 nitrogen and oxygen atoms in total. The highest BCUT2D eigenvalue weighted by Gasteiger charge is 2.17. The van der Waals surface area contributed by atoms with E-state index in [0.717, 1.165) is 148 Å². The number of esters is 2. The first-order valence-corrected chi connectivity index (χ1v) is 24.7. The van der Waals surface area contributed by atoms with Crippen molar-refractivity contribution >= 4 is 11.9 Å². The molecule has 0 aromatic heterocycles. The first kappa shape index (κ1) is 58.0. The van der Waals surface area contributed by atoms with E-state index in [2.05, 4.69) is 154 Å². The normalized spacial score (nSPS) is 13.4. The summed E-state index contributed by atoms with van der Waals surface area (Å²) in [5, 5.41) is 0. The van der Waals surface area contributed by atoms with Crippen LogP contribution in [0.25, 0.3) is 0 Å². The Morgan fingerprint density at radius 1 is 0.355 bits per heavy atom. The molecule has 0 bridgehead atoms. The van der Waals surface area contributed by atoms with Crippen LogP contribution in [0.2, 0.25) is 0 Å². The van der Waals surface area contributed by atoms with Gasteiger partial charge in [0.05, 0.1) is 6.61 Å². The number of unbranched alkanes of at least 4 members (excludes halogenated alkanes) is 10. The molecule has 0 N–H and O–H groups in total. The molecule has 0 rings (SSSR count). The first-order chi connectivity index (χ1) is 30.6. The Balaban J connectivity index is 4.45. The molecule has 0 fully saturated rings. The Bertz CT molecular complexity index is 1330. The molecular formula is C57H90O5. The molecule has 0 aliphatic rings. The molecule has 0 aliphatic carbocycles. The van der Waals surface area contributed by atoms with Gasteiger partial charge >= 0.3 is 11.9 Å². The molecule has 0 aromatic rings. The van der Waals surface area contributed by atoms with Crippen molar-refractivity contribution < 1.29 is 23.8 Å². The van der Waals surface area contributed by atoms with Gasteiger partial charge in [0, 0.05) is 19.4 Å². The summed E-state index contributed by atoms with van der Waals surface area (Å²) >= 11 is 0. The molecule has 0 radical (unpaired) electrons. The number of rotatable bonds is 43. The molecule has 348 valence electrons. The van der Waals surface area contributed by atoms with E-state index in [-0.39, 0.29) is 25.2 Å². The van der Waals surface area contributed by atoms with Gasteiger partial charge in [-0.25, -0.2) is 0 Å². The van der Waals surface area contributed by atoms with E-state index >= 15 is 0 Å². The average Bonchev–Trinajstić information content (AvgIpc) is 3.27. The zero-order valence-electron chi connectivity index (χ0n) is 39.8. The summed E-state index contributed by atoms with van der Waals surface area (Å²) < 4.78 is 17.3. The lowest BCUT2D eigenvalue weighted by Crippen LogP contribution is -2.30. The Labute approximate surface area is 381 Å². The average molecular weight is 855 g/mol. The zero-order valence-corrected chi connectivity index (χ0v) is 39.8. The molecule has 0 saturated heterocycles. The fourth-order valence-corrected chi connectivity index (χ4v) is 6.11. The maximum Gasteiger partial charge on any atom is 0.306 e. The number of hydrogen-bond donors (Lipinski definition) is 0. The van der Waals surface area contributed by atoms with Crippen molar-refractivity contribution in [2.75, 3.05) is 19.8 Å². The van der Waals surface area contributed by atoms with E-state index in [4.69, 9.17) is 14.2 Å². The number of allylic oxidation sites excluding steroid dienone is 22. The largest absolute Gasteiger partial charge is 0.462 e. The van der Waals surface area contributed by atoms with Crippen LogP contribution in [-0.4, -0.2) is 37.9 Å². The van der Waals surface area contributed by atoms with Crippen molar-refractivity contribution in [3.8, 4) is 0 Å². The van der Waals surface area contributed by atoms with E-state index in [1.165, 1.54) is 6.42 Å². The highest BCUT2D eigenvalue weighted by molar-refractivity contribution is 5.70. The minimum Gasteiger partial charge on any atom is -0.462 e. The van der Waals surface area contributed by atoms with Crippen molar-refractivity contribution in [1.29, 1.82) is 0 Å². The van der Waals surface area contributed by atoms with E-state index < -0.39 is 6.10 Å². The molecule has 0 spiro atoms. The fraction of sp³-hybridized carbons (Fsp3) is 0.579. The topological polar surface area (TPSA) is 61.8 Å². The fourth-order valence-electron chi connectivity index (χ4n) is 6.11. The Kier molecular flexibility index (Phi) is 48.1. The second-order valence-corrected chi connectivity index (χ2v) is 15.6. The monoisotopic (exact) mass is 855 g/mol. The third-order valence-corrected chi connectivity index (χ3v) is 9.66. The van der Waals surface area contributed by atoms with Gasteiger partial charge < -0.3 is 14.2 Å². The molecule has 0 heterocycles. The lowest BCUT2D eigenvalue weighted by molar-refractivity contribution is -0.163. The predicted molar refractivity (Wildman–Crippen MR) is 269 cm³/mol. The van der Waals surface area contributed by atoms with Gasteiger partial charge in [-0.15, -0.1) is 0 Å². The minimum atomic E-state index is -0.593. The standard InChI is InChI=1S/C57H90O5/c1-4-7-10-13-16-19-22-25-28-29-31-32-35-38-41-44-47-50-56(58)61-54-55(53-60-52-49-46-43-40-37-34-27-24-21-18-15-12-9-6-3)62-57(59)51-48-45-42-39-36-33-30-26-23-20-17-14-11-8-5-2/h7-12,16-21,25-28,30-32,34,40,43,55H,4-6,13-15,22-24,29,33,35-39,41-42,44-54H2,1-3H3/b10-7-,11-8-,12-9-,19-16-,20-17-,21-18-,28-25-,30-26-,32-31-,34-27-,43-40-. The molecular weight excluding hydrogens is 765 g/mol. The van der Waals surface area contributed by atoms with Crippen molar-refractivity contribution in [3.05, 3.63) is 134 Å². The maximum atomic E-state index is 12.8. The van der Waals surface area contributed by atoms with Crippen molar-refractivity contribution in [1.82, 2.24) is 0 Å². The smallest absolute Gasteiger partial charge is 0.306 e. The van der Waals surface area contributed by atoms with Gasteiger partial charge in [-0.1, -0.05) is 187 Å². The zero-order chi connectivity index (χ0) is 44.9. The second kappa shape index (κ2) is 51.4. The van der Waals surface area contributed by atoms with Crippen LogP contribution >= 0.6 is 0 Å². The summed E-state index contributed by atoms with van der Waals surface area (Å²) in [6.45, 7) is 7.28. The highest BCUT2D eigenvalue weighted by Crippen LogP contribution is 2.11. The Morgan fingerprint density at radius 3 is 1.08 bits per heavy atom. The summed E-state index contributed by atoms with van der Waals surface area (Å²) in [6, 6.07) is 0. The molecule has 1 unspecified atom stereocenters. The van der Waals surface area contributed by atoms with Gasteiger partial charge in [-0.05, 0) is 122 Å². The summed E-state index contributed by atoms with van der Waals surface area (Å²) in [5.41, 5.74) is 0. The van der Waals surface area contributed by atoms with Crippen LogP contribution in [0.4, 0.5) is 0 Å². The van der Waals surface area contributed by atoms with Gasteiger partial charge in [-0.2, -0.15) is 0 Å². The molecule has 0 saturated carbocycles. The van der Waals surface area contributed by atoms with Crippen LogP contribution in [-0.2, 0) is 23.8 Å². The first-order valence-electron chi connectivity index (χ1n) is 24.7. The van der Waals surface area contributed by atoms with Gasteiger partial charge in [0.25, 0.3) is 0 Å². The van der Waals surface area contributed by atoms with Crippen LogP contribution in [0, 0.1) is 0 Å².